The summed E-state index contributed by atoms with van der Waals surface area (Å²) in [5.74, 6) is 1.40. The summed E-state index contributed by atoms with van der Waals surface area (Å²) >= 11 is 3.29. The molecule has 1 fully saturated rings. The first-order valence-corrected chi connectivity index (χ1v) is 9.83. The van der Waals surface area contributed by atoms with Gasteiger partial charge in [0.15, 0.2) is 11.5 Å². The number of anilines is 1. The molecule has 1 aliphatic rings. The fourth-order valence-corrected chi connectivity index (χ4v) is 3.29. The third-order valence-electron chi connectivity index (χ3n) is 4.45. The molecule has 0 saturated carbocycles. The maximum atomic E-state index is 12.8. The number of likely N-dealkylation sites (tertiary alicyclic amines) is 1. The van der Waals surface area contributed by atoms with Gasteiger partial charge in [-0.05, 0) is 28.8 Å². The Kier molecular flexibility index (Phi) is 6.97. The zero-order valence-corrected chi connectivity index (χ0v) is 18.1. The standard InChI is InChI=1S/C19H23BrN4O5/c1-26-15-7-13(8-16(27-2)17(15)28-3)23-19(25)24-6-4-5-14(11-24)29-18-21-9-12(20)10-22-18/h7-10,14H,4-6,11H2,1-3H3,(H,23,25). The number of nitrogens with zero attached hydrogens (tertiary/aromatic N) is 3. The lowest BCUT2D eigenvalue weighted by Gasteiger charge is -2.32. The molecule has 0 bridgehead atoms. The quantitative estimate of drug-likeness (QED) is 0.697. The number of amides is 2. The highest BCUT2D eigenvalue weighted by molar-refractivity contribution is 9.10. The molecular formula is C19H23BrN4O5. The average molecular weight is 467 g/mol. The molecule has 1 aromatic heterocycles. The zero-order valence-electron chi connectivity index (χ0n) is 16.5. The number of methoxy groups -OCH3 is 3. The lowest BCUT2D eigenvalue weighted by Crippen LogP contribution is -2.46. The SMILES string of the molecule is COc1cc(NC(=O)N2CCCC(Oc3ncc(Br)cn3)C2)cc(OC)c1OC. The van der Waals surface area contributed by atoms with Gasteiger partial charge in [0, 0.05) is 31.1 Å². The van der Waals surface area contributed by atoms with Gasteiger partial charge < -0.3 is 29.2 Å². The molecule has 0 spiro atoms. The van der Waals surface area contributed by atoms with E-state index < -0.39 is 0 Å². The number of benzene rings is 1. The summed E-state index contributed by atoms with van der Waals surface area (Å²) in [7, 11) is 4.58. The number of hydrogen-bond acceptors (Lipinski definition) is 7. The number of hydrogen-bond donors (Lipinski definition) is 1. The van der Waals surface area contributed by atoms with E-state index in [0.29, 0.717) is 42.0 Å². The molecule has 0 aliphatic carbocycles. The summed E-state index contributed by atoms with van der Waals surface area (Å²) in [6.07, 6.45) is 4.73. The predicted octanol–water partition coefficient (Wildman–Crippen LogP) is 3.34. The zero-order chi connectivity index (χ0) is 20.8. The summed E-state index contributed by atoms with van der Waals surface area (Å²) in [6, 6.07) is 3.44. The molecule has 2 aromatic rings. The van der Waals surface area contributed by atoms with Crippen LogP contribution in [0.5, 0.6) is 23.3 Å². The van der Waals surface area contributed by atoms with Gasteiger partial charge in [0.2, 0.25) is 5.75 Å². The van der Waals surface area contributed by atoms with E-state index in [0.717, 1.165) is 17.3 Å². The Morgan fingerprint density at radius 2 is 1.79 bits per heavy atom. The Morgan fingerprint density at radius 3 is 2.38 bits per heavy atom. The number of piperidine rings is 1. The van der Waals surface area contributed by atoms with Crippen molar-refractivity contribution in [1.29, 1.82) is 0 Å². The van der Waals surface area contributed by atoms with E-state index in [-0.39, 0.29) is 12.1 Å². The number of rotatable bonds is 6. The maximum absolute atomic E-state index is 12.8. The first-order valence-electron chi connectivity index (χ1n) is 9.04. The van der Waals surface area contributed by atoms with Gasteiger partial charge in [0.05, 0.1) is 38.0 Å². The van der Waals surface area contributed by atoms with E-state index in [1.165, 1.54) is 21.3 Å². The van der Waals surface area contributed by atoms with Crippen molar-refractivity contribution in [2.24, 2.45) is 0 Å². The van der Waals surface area contributed by atoms with Crippen LogP contribution in [0.2, 0.25) is 0 Å². The normalized spacial score (nSPS) is 16.1. The molecule has 10 heteroatoms. The van der Waals surface area contributed by atoms with Gasteiger partial charge >= 0.3 is 12.0 Å². The highest BCUT2D eigenvalue weighted by atomic mass is 79.9. The summed E-state index contributed by atoms with van der Waals surface area (Å²) < 4.78 is 22.6. The van der Waals surface area contributed by atoms with Crippen LogP contribution >= 0.6 is 15.9 Å². The Labute approximate surface area is 177 Å². The van der Waals surface area contributed by atoms with Crippen LogP contribution in [-0.4, -0.2) is 61.4 Å². The molecule has 29 heavy (non-hydrogen) atoms. The lowest BCUT2D eigenvalue weighted by molar-refractivity contribution is 0.0982. The van der Waals surface area contributed by atoms with E-state index in [1.54, 1.807) is 29.4 Å². The van der Waals surface area contributed by atoms with Crippen molar-refractivity contribution in [3.8, 4) is 23.3 Å². The molecule has 1 aliphatic heterocycles. The molecule has 1 aromatic carbocycles. The van der Waals surface area contributed by atoms with E-state index >= 15 is 0 Å². The van der Waals surface area contributed by atoms with Crippen LogP contribution in [0.4, 0.5) is 10.5 Å². The average Bonchev–Trinajstić information content (AvgIpc) is 2.74. The molecule has 1 N–H and O–H groups in total. The van der Waals surface area contributed by atoms with Crippen molar-refractivity contribution >= 4 is 27.6 Å². The van der Waals surface area contributed by atoms with Crippen molar-refractivity contribution < 1.29 is 23.7 Å². The van der Waals surface area contributed by atoms with Gasteiger partial charge in [-0.3, -0.25) is 0 Å². The number of nitrogens with one attached hydrogen (secondary N) is 1. The Bertz CT molecular complexity index is 824. The Balaban J connectivity index is 1.66. The van der Waals surface area contributed by atoms with E-state index in [4.69, 9.17) is 18.9 Å². The fourth-order valence-electron chi connectivity index (χ4n) is 3.09. The Morgan fingerprint density at radius 1 is 1.14 bits per heavy atom. The predicted molar refractivity (Wildman–Crippen MR) is 110 cm³/mol. The molecule has 1 unspecified atom stereocenters. The number of halogens is 1. The molecular weight excluding hydrogens is 444 g/mol. The first-order chi connectivity index (χ1) is 14.0. The van der Waals surface area contributed by atoms with Gasteiger partial charge in [-0.15, -0.1) is 0 Å². The second-order valence-corrected chi connectivity index (χ2v) is 7.27. The smallest absolute Gasteiger partial charge is 0.321 e. The fraction of sp³-hybridized carbons (Fsp3) is 0.421. The van der Waals surface area contributed by atoms with Crippen LogP contribution in [-0.2, 0) is 0 Å². The molecule has 1 atom stereocenters. The van der Waals surface area contributed by atoms with Gasteiger partial charge in [-0.2, -0.15) is 0 Å². The van der Waals surface area contributed by atoms with Crippen molar-refractivity contribution in [2.75, 3.05) is 39.7 Å². The van der Waals surface area contributed by atoms with Crippen LogP contribution in [0.15, 0.2) is 29.0 Å². The van der Waals surface area contributed by atoms with E-state index in [9.17, 15) is 4.79 Å². The first kappa shape index (κ1) is 21.0. The van der Waals surface area contributed by atoms with Crippen molar-refractivity contribution in [3.05, 3.63) is 29.0 Å². The molecule has 2 heterocycles. The van der Waals surface area contributed by atoms with Crippen LogP contribution in [0.1, 0.15) is 12.8 Å². The number of carbonyl (C=O) groups excluding carboxylic acids is 1. The minimum absolute atomic E-state index is 0.171. The van der Waals surface area contributed by atoms with Gasteiger partial charge in [-0.1, -0.05) is 0 Å². The van der Waals surface area contributed by atoms with Crippen LogP contribution in [0.3, 0.4) is 0 Å². The van der Waals surface area contributed by atoms with Gasteiger partial charge in [0.25, 0.3) is 0 Å². The van der Waals surface area contributed by atoms with Crippen LogP contribution < -0.4 is 24.3 Å². The van der Waals surface area contributed by atoms with Crippen molar-refractivity contribution in [3.63, 3.8) is 0 Å². The Hall–Kier alpha value is -2.75. The topological polar surface area (TPSA) is 95.0 Å². The number of aromatic nitrogens is 2. The lowest BCUT2D eigenvalue weighted by atomic mass is 10.1. The summed E-state index contributed by atoms with van der Waals surface area (Å²) in [5, 5.41) is 2.88. The van der Waals surface area contributed by atoms with Crippen molar-refractivity contribution in [1.82, 2.24) is 14.9 Å². The number of urea groups is 1. The van der Waals surface area contributed by atoms with Gasteiger partial charge in [-0.25, -0.2) is 14.8 Å². The highest BCUT2D eigenvalue weighted by Crippen LogP contribution is 2.40. The number of carbonyl (C=O) groups is 1. The molecule has 1 saturated heterocycles. The highest BCUT2D eigenvalue weighted by Gasteiger charge is 2.26. The minimum Gasteiger partial charge on any atom is -0.493 e. The number of ether oxygens (including phenoxy) is 4. The molecule has 3 rings (SSSR count). The second kappa shape index (κ2) is 9.64. The third kappa shape index (κ3) is 5.20. The monoisotopic (exact) mass is 466 g/mol. The van der Waals surface area contributed by atoms with E-state index in [2.05, 4.69) is 31.2 Å². The summed E-state index contributed by atoms with van der Waals surface area (Å²) in [6.45, 7) is 1.08. The summed E-state index contributed by atoms with van der Waals surface area (Å²) in [4.78, 5) is 22.7. The van der Waals surface area contributed by atoms with Crippen LogP contribution in [0.25, 0.3) is 0 Å². The largest absolute Gasteiger partial charge is 0.493 e. The van der Waals surface area contributed by atoms with Gasteiger partial charge in [0.1, 0.15) is 6.10 Å². The second-order valence-electron chi connectivity index (χ2n) is 6.36. The van der Waals surface area contributed by atoms with E-state index in [1.807, 2.05) is 0 Å². The third-order valence-corrected chi connectivity index (χ3v) is 4.86. The minimum atomic E-state index is -0.232. The summed E-state index contributed by atoms with van der Waals surface area (Å²) in [5.41, 5.74) is 0.545. The molecule has 0 radical (unpaired) electrons. The van der Waals surface area contributed by atoms with Crippen LogP contribution in [0, 0.1) is 0 Å². The molecule has 9 nitrogen and oxygen atoms in total. The maximum Gasteiger partial charge on any atom is 0.321 e. The molecule has 156 valence electrons. The van der Waals surface area contributed by atoms with Crippen molar-refractivity contribution in [2.45, 2.75) is 18.9 Å². The molecule has 2 amide bonds.